The molecule has 2 atom stereocenters. The van der Waals surface area contributed by atoms with Gasteiger partial charge < -0.3 is 15.0 Å². The van der Waals surface area contributed by atoms with Gasteiger partial charge >= 0.3 is 0 Å². The molecule has 0 aliphatic carbocycles. The predicted molar refractivity (Wildman–Crippen MR) is 78.9 cm³/mol. The molecule has 2 saturated heterocycles. The van der Waals surface area contributed by atoms with E-state index in [0.29, 0.717) is 18.0 Å². The van der Waals surface area contributed by atoms with Crippen molar-refractivity contribution >= 4 is 17.0 Å². The van der Waals surface area contributed by atoms with Gasteiger partial charge in [0, 0.05) is 12.6 Å². The first-order chi connectivity index (χ1) is 9.79. The highest BCUT2D eigenvalue weighted by Crippen LogP contribution is 2.40. The lowest BCUT2D eigenvalue weighted by Crippen LogP contribution is -2.28. The van der Waals surface area contributed by atoms with Crippen LogP contribution < -0.4 is 10.5 Å². The topological polar surface area (TPSA) is 56.3 Å². The Morgan fingerprint density at radius 2 is 2.15 bits per heavy atom. The summed E-state index contributed by atoms with van der Waals surface area (Å²) in [5, 5.41) is 0. The predicted octanol–water partition coefficient (Wildman–Crippen LogP) is 2.04. The highest BCUT2D eigenvalue weighted by Gasteiger charge is 2.39. The SMILES string of the molecule is COc1cccc2c1nc(N)n2C1CCN2CCCC12. The van der Waals surface area contributed by atoms with Crippen molar-refractivity contribution in [3.8, 4) is 5.75 Å². The van der Waals surface area contributed by atoms with Crippen LogP contribution in [0.5, 0.6) is 5.75 Å². The number of nitrogens with zero attached hydrogens (tertiary/aromatic N) is 3. The molecule has 2 aliphatic heterocycles. The molecule has 2 unspecified atom stereocenters. The number of para-hydroxylation sites is 1. The first-order valence-electron chi connectivity index (χ1n) is 7.34. The molecule has 106 valence electrons. The van der Waals surface area contributed by atoms with Gasteiger partial charge in [0.15, 0.2) is 0 Å². The third-order valence-electron chi connectivity index (χ3n) is 4.83. The molecule has 0 bridgehead atoms. The Morgan fingerprint density at radius 3 is 3.00 bits per heavy atom. The van der Waals surface area contributed by atoms with Gasteiger partial charge in [-0.25, -0.2) is 4.98 Å². The zero-order chi connectivity index (χ0) is 13.7. The van der Waals surface area contributed by atoms with Crippen LogP contribution >= 0.6 is 0 Å². The zero-order valence-corrected chi connectivity index (χ0v) is 11.7. The third kappa shape index (κ3) is 1.56. The summed E-state index contributed by atoms with van der Waals surface area (Å²) < 4.78 is 7.63. The van der Waals surface area contributed by atoms with Crippen molar-refractivity contribution in [1.29, 1.82) is 0 Å². The number of nitrogen functional groups attached to an aromatic ring is 1. The van der Waals surface area contributed by atoms with E-state index in [2.05, 4.69) is 20.5 Å². The molecule has 0 radical (unpaired) electrons. The lowest BCUT2D eigenvalue weighted by Gasteiger charge is -2.22. The monoisotopic (exact) mass is 272 g/mol. The number of ether oxygens (including phenoxy) is 1. The van der Waals surface area contributed by atoms with Crippen LogP contribution in [0.3, 0.4) is 0 Å². The van der Waals surface area contributed by atoms with E-state index in [4.69, 9.17) is 10.5 Å². The van der Waals surface area contributed by atoms with Crippen molar-refractivity contribution in [3.05, 3.63) is 18.2 Å². The molecule has 2 aromatic rings. The third-order valence-corrected chi connectivity index (χ3v) is 4.83. The van der Waals surface area contributed by atoms with Gasteiger partial charge in [-0.3, -0.25) is 4.90 Å². The number of aromatic nitrogens is 2. The molecule has 3 heterocycles. The molecule has 4 rings (SSSR count). The summed E-state index contributed by atoms with van der Waals surface area (Å²) in [5.74, 6) is 1.41. The van der Waals surface area contributed by atoms with Crippen LogP contribution in [0, 0.1) is 0 Å². The number of fused-ring (bicyclic) bond motifs is 2. The number of anilines is 1. The summed E-state index contributed by atoms with van der Waals surface area (Å²) in [6.45, 7) is 2.41. The quantitative estimate of drug-likeness (QED) is 0.909. The first kappa shape index (κ1) is 12.0. The maximum Gasteiger partial charge on any atom is 0.201 e. The van der Waals surface area contributed by atoms with Crippen LogP contribution in [0.15, 0.2) is 18.2 Å². The van der Waals surface area contributed by atoms with Crippen molar-refractivity contribution in [2.24, 2.45) is 0 Å². The number of hydrogen-bond donors (Lipinski definition) is 1. The Kier molecular flexibility index (Phi) is 2.63. The molecule has 2 aliphatic rings. The maximum atomic E-state index is 6.22. The van der Waals surface area contributed by atoms with Crippen molar-refractivity contribution in [2.45, 2.75) is 31.3 Å². The Balaban J connectivity index is 1.85. The van der Waals surface area contributed by atoms with E-state index in [1.165, 1.54) is 25.9 Å². The fourth-order valence-electron chi connectivity index (χ4n) is 3.98. The van der Waals surface area contributed by atoms with Gasteiger partial charge in [-0.2, -0.15) is 0 Å². The minimum absolute atomic E-state index is 0.453. The molecule has 5 heteroatoms. The van der Waals surface area contributed by atoms with E-state index in [9.17, 15) is 0 Å². The Bertz CT molecular complexity index is 651. The Hall–Kier alpha value is -1.75. The molecule has 0 spiro atoms. The Morgan fingerprint density at radius 1 is 1.25 bits per heavy atom. The molecular weight excluding hydrogens is 252 g/mol. The van der Waals surface area contributed by atoms with Crippen molar-refractivity contribution in [2.75, 3.05) is 25.9 Å². The van der Waals surface area contributed by atoms with E-state index >= 15 is 0 Å². The van der Waals surface area contributed by atoms with Crippen LogP contribution in [0.25, 0.3) is 11.0 Å². The van der Waals surface area contributed by atoms with E-state index in [-0.39, 0.29) is 0 Å². The molecule has 0 amide bonds. The highest BCUT2D eigenvalue weighted by atomic mass is 16.5. The molecule has 0 saturated carbocycles. The zero-order valence-electron chi connectivity index (χ0n) is 11.7. The summed E-state index contributed by atoms with van der Waals surface area (Å²) in [7, 11) is 1.68. The smallest absolute Gasteiger partial charge is 0.201 e. The van der Waals surface area contributed by atoms with Gasteiger partial charge in [0.2, 0.25) is 5.95 Å². The molecule has 1 aromatic carbocycles. The fourth-order valence-corrected chi connectivity index (χ4v) is 3.98. The number of methoxy groups -OCH3 is 1. The van der Waals surface area contributed by atoms with E-state index in [1.54, 1.807) is 7.11 Å². The van der Waals surface area contributed by atoms with Crippen LogP contribution in [0.4, 0.5) is 5.95 Å². The average molecular weight is 272 g/mol. The largest absolute Gasteiger partial charge is 0.494 e. The number of imidazole rings is 1. The fraction of sp³-hybridized carbons (Fsp3) is 0.533. The number of hydrogen-bond acceptors (Lipinski definition) is 4. The van der Waals surface area contributed by atoms with Crippen molar-refractivity contribution in [1.82, 2.24) is 14.5 Å². The second-order valence-corrected chi connectivity index (χ2v) is 5.77. The van der Waals surface area contributed by atoms with E-state index < -0.39 is 0 Å². The molecule has 1 aromatic heterocycles. The summed E-state index contributed by atoms with van der Waals surface area (Å²) in [4.78, 5) is 7.13. The second-order valence-electron chi connectivity index (χ2n) is 5.77. The lowest BCUT2D eigenvalue weighted by molar-refractivity contribution is 0.293. The normalized spacial score (nSPS) is 26.2. The Labute approximate surface area is 118 Å². The standard InChI is InChI=1S/C15H20N4O/c1-20-13-6-2-4-12-14(13)17-15(16)19(12)11-7-9-18-8-3-5-10(11)18/h2,4,6,10-11H,3,5,7-9H2,1H3,(H2,16,17). The number of rotatable bonds is 2. The minimum Gasteiger partial charge on any atom is -0.494 e. The summed E-state index contributed by atoms with van der Waals surface area (Å²) in [6, 6.07) is 7.13. The molecule has 2 N–H and O–H groups in total. The van der Waals surface area contributed by atoms with Gasteiger partial charge in [0.25, 0.3) is 0 Å². The van der Waals surface area contributed by atoms with Crippen LogP contribution in [0.1, 0.15) is 25.3 Å². The van der Waals surface area contributed by atoms with Crippen molar-refractivity contribution in [3.63, 3.8) is 0 Å². The second kappa shape index (κ2) is 4.38. The van der Waals surface area contributed by atoms with Gasteiger partial charge in [0.1, 0.15) is 11.3 Å². The van der Waals surface area contributed by atoms with Crippen LogP contribution in [-0.2, 0) is 0 Å². The summed E-state index contributed by atoms with van der Waals surface area (Å²) in [6.07, 6.45) is 3.74. The van der Waals surface area contributed by atoms with Gasteiger partial charge in [-0.1, -0.05) is 6.07 Å². The molecule has 2 fully saturated rings. The lowest BCUT2D eigenvalue weighted by atomic mass is 10.1. The number of nitrogens with two attached hydrogens (primary N) is 1. The van der Waals surface area contributed by atoms with E-state index in [0.717, 1.165) is 23.2 Å². The van der Waals surface area contributed by atoms with Crippen LogP contribution in [-0.4, -0.2) is 40.7 Å². The minimum atomic E-state index is 0.453. The van der Waals surface area contributed by atoms with Gasteiger partial charge in [-0.15, -0.1) is 0 Å². The average Bonchev–Trinajstić information content (AvgIpc) is 3.11. The summed E-state index contributed by atoms with van der Waals surface area (Å²) in [5.41, 5.74) is 8.19. The maximum absolute atomic E-state index is 6.22. The van der Waals surface area contributed by atoms with Crippen molar-refractivity contribution < 1.29 is 4.74 Å². The van der Waals surface area contributed by atoms with Crippen LogP contribution in [0.2, 0.25) is 0 Å². The molecule has 5 nitrogen and oxygen atoms in total. The highest BCUT2D eigenvalue weighted by molar-refractivity contribution is 5.84. The molecular formula is C15H20N4O. The van der Waals surface area contributed by atoms with Gasteiger partial charge in [-0.05, 0) is 37.9 Å². The summed E-state index contributed by atoms with van der Waals surface area (Å²) >= 11 is 0. The van der Waals surface area contributed by atoms with E-state index in [1.807, 2.05) is 12.1 Å². The first-order valence-corrected chi connectivity index (χ1v) is 7.34. The van der Waals surface area contributed by atoms with Gasteiger partial charge in [0.05, 0.1) is 18.7 Å². The molecule has 20 heavy (non-hydrogen) atoms. The number of benzene rings is 1.